The summed E-state index contributed by atoms with van der Waals surface area (Å²) in [5.74, 6) is 0.805. The van der Waals surface area contributed by atoms with Gasteiger partial charge < -0.3 is 24.9 Å². The molecule has 0 saturated carbocycles. The van der Waals surface area contributed by atoms with Gasteiger partial charge in [0, 0.05) is 49.2 Å². The van der Waals surface area contributed by atoms with Crippen molar-refractivity contribution in [3.63, 3.8) is 0 Å². The minimum Gasteiger partial charge on any atom is -0.391 e. The minimum atomic E-state index is -0.546. The third-order valence-corrected chi connectivity index (χ3v) is 6.39. The Hall–Kier alpha value is -3.16. The molecule has 5 rings (SSSR count). The van der Waals surface area contributed by atoms with Gasteiger partial charge in [-0.1, -0.05) is 18.2 Å². The SMILES string of the molecule is CCn1c(-c2nc3cc(C(=O)N4CC[C@H](O)[C@H](N)C4)ccc3n2C)cc2ccccc21. The van der Waals surface area contributed by atoms with Crippen LogP contribution < -0.4 is 5.73 Å². The number of aryl methyl sites for hydroxylation is 2. The maximum atomic E-state index is 13.0. The number of carbonyl (C=O) groups is 1. The number of likely N-dealkylation sites (tertiary alicyclic amines) is 1. The summed E-state index contributed by atoms with van der Waals surface area (Å²) in [5, 5.41) is 11.0. The lowest BCUT2D eigenvalue weighted by atomic mass is 10.0. The fraction of sp³-hybridized carbons (Fsp3) is 0.333. The maximum absolute atomic E-state index is 13.0. The molecule has 7 heteroatoms. The minimum absolute atomic E-state index is 0.0703. The molecule has 160 valence electrons. The van der Waals surface area contributed by atoms with Gasteiger partial charge in [0.2, 0.25) is 0 Å². The first-order valence-corrected chi connectivity index (χ1v) is 10.8. The van der Waals surface area contributed by atoms with E-state index >= 15 is 0 Å². The molecule has 0 aliphatic carbocycles. The molecule has 31 heavy (non-hydrogen) atoms. The summed E-state index contributed by atoms with van der Waals surface area (Å²) in [7, 11) is 2.01. The number of benzene rings is 2. The number of aromatic nitrogens is 3. The average molecular weight is 418 g/mol. The van der Waals surface area contributed by atoms with E-state index in [4.69, 9.17) is 10.7 Å². The first kappa shape index (κ1) is 19.8. The Labute approximate surface area is 180 Å². The van der Waals surface area contributed by atoms with Crippen molar-refractivity contribution in [1.82, 2.24) is 19.0 Å². The quantitative estimate of drug-likeness (QED) is 0.536. The lowest BCUT2D eigenvalue weighted by Gasteiger charge is -2.34. The third-order valence-electron chi connectivity index (χ3n) is 6.39. The molecule has 3 heterocycles. The zero-order chi connectivity index (χ0) is 21.7. The molecule has 0 radical (unpaired) electrons. The molecule has 1 fully saturated rings. The number of fused-ring (bicyclic) bond motifs is 2. The number of nitrogens with zero attached hydrogens (tertiary/aromatic N) is 4. The number of amides is 1. The Balaban J connectivity index is 1.54. The maximum Gasteiger partial charge on any atom is 0.253 e. The number of aliphatic hydroxyl groups excluding tert-OH is 1. The highest BCUT2D eigenvalue weighted by molar-refractivity contribution is 5.98. The molecule has 7 nitrogen and oxygen atoms in total. The summed E-state index contributed by atoms with van der Waals surface area (Å²) < 4.78 is 4.35. The van der Waals surface area contributed by atoms with Crippen LogP contribution in [-0.4, -0.2) is 55.3 Å². The van der Waals surface area contributed by atoms with Crippen molar-refractivity contribution in [3.05, 3.63) is 54.1 Å². The summed E-state index contributed by atoms with van der Waals surface area (Å²) in [6.45, 7) is 3.85. The zero-order valence-electron chi connectivity index (χ0n) is 17.8. The van der Waals surface area contributed by atoms with E-state index in [1.54, 1.807) is 4.90 Å². The summed E-state index contributed by atoms with van der Waals surface area (Å²) in [4.78, 5) is 19.7. The zero-order valence-corrected chi connectivity index (χ0v) is 17.8. The second-order valence-electron chi connectivity index (χ2n) is 8.30. The van der Waals surface area contributed by atoms with Crippen LogP contribution in [0, 0.1) is 0 Å². The van der Waals surface area contributed by atoms with E-state index in [1.165, 1.54) is 10.9 Å². The highest BCUT2D eigenvalue weighted by Crippen LogP contribution is 2.30. The number of piperidine rings is 1. The van der Waals surface area contributed by atoms with Crippen molar-refractivity contribution in [2.45, 2.75) is 32.0 Å². The van der Waals surface area contributed by atoms with Gasteiger partial charge in [-0.2, -0.15) is 0 Å². The van der Waals surface area contributed by atoms with E-state index in [0.29, 0.717) is 25.1 Å². The van der Waals surface area contributed by atoms with Gasteiger partial charge in [-0.15, -0.1) is 0 Å². The molecule has 2 atom stereocenters. The summed E-state index contributed by atoms with van der Waals surface area (Å²) in [6.07, 6.45) is -0.0417. The predicted molar refractivity (Wildman–Crippen MR) is 122 cm³/mol. The monoisotopic (exact) mass is 417 g/mol. The van der Waals surface area contributed by atoms with Crippen molar-refractivity contribution in [2.75, 3.05) is 13.1 Å². The molecule has 4 aromatic rings. The number of carbonyl (C=O) groups excluding carboxylic acids is 1. The van der Waals surface area contributed by atoms with Crippen LogP contribution in [-0.2, 0) is 13.6 Å². The highest BCUT2D eigenvalue weighted by atomic mass is 16.3. The predicted octanol–water partition coefficient (Wildman–Crippen LogP) is 2.75. The highest BCUT2D eigenvalue weighted by Gasteiger charge is 2.28. The normalized spacial score (nSPS) is 19.4. The molecule has 1 amide bonds. The fourth-order valence-corrected chi connectivity index (χ4v) is 4.63. The van der Waals surface area contributed by atoms with Crippen molar-refractivity contribution in [3.8, 4) is 11.5 Å². The molecular weight excluding hydrogens is 390 g/mol. The lowest BCUT2D eigenvalue weighted by Crippen LogP contribution is -2.53. The van der Waals surface area contributed by atoms with Gasteiger partial charge in [0.25, 0.3) is 5.91 Å². The van der Waals surface area contributed by atoms with E-state index < -0.39 is 12.1 Å². The molecule has 0 bridgehead atoms. The van der Waals surface area contributed by atoms with Crippen LogP contribution >= 0.6 is 0 Å². The van der Waals surface area contributed by atoms with E-state index in [9.17, 15) is 9.90 Å². The van der Waals surface area contributed by atoms with Crippen LogP contribution in [0.25, 0.3) is 33.5 Å². The Morgan fingerprint density at radius 1 is 1.19 bits per heavy atom. The first-order valence-electron chi connectivity index (χ1n) is 10.8. The number of imidazole rings is 1. The van der Waals surface area contributed by atoms with E-state index in [-0.39, 0.29) is 5.91 Å². The third kappa shape index (κ3) is 3.21. The summed E-state index contributed by atoms with van der Waals surface area (Å²) in [5.41, 5.74) is 10.6. The number of para-hydroxylation sites is 1. The number of rotatable bonds is 3. The van der Waals surface area contributed by atoms with Crippen molar-refractivity contribution in [1.29, 1.82) is 0 Å². The topological polar surface area (TPSA) is 89.3 Å². The molecule has 1 aliphatic rings. The number of hydrogen-bond acceptors (Lipinski definition) is 4. The Kier molecular flexibility index (Phi) is 4.79. The fourth-order valence-electron chi connectivity index (χ4n) is 4.63. The lowest BCUT2D eigenvalue weighted by molar-refractivity contribution is 0.0459. The van der Waals surface area contributed by atoms with Crippen LogP contribution in [0.15, 0.2) is 48.5 Å². The second kappa shape index (κ2) is 7.51. The molecule has 1 saturated heterocycles. The number of nitrogens with two attached hydrogens (primary N) is 1. The van der Waals surface area contributed by atoms with E-state index in [2.05, 4.69) is 40.3 Å². The molecular formula is C24H27N5O2. The van der Waals surface area contributed by atoms with Crippen LogP contribution in [0.4, 0.5) is 0 Å². The molecule has 2 aromatic heterocycles. The largest absolute Gasteiger partial charge is 0.391 e. The summed E-state index contributed by atoms with van der Waals surface area (Å²) >= 11 is 0. The Morgan fingerprint density at radius 3 is 2.77 bits per heavy atom. The Bertz CT molecular complexity index is 1290. The van der Waals surface area contributed by atoms with Crippen LogP contribution in [0.3, 0.4) is 0 Å². The molecule has 0 unspecified atom stereocenters. The second-order valence-corrected chi connectivity index (χ2v) is 8.30. The van der Waals surface area contributed by atoms with Crippen molar-refractivity contribution < 1.29 is 9.90 Å². The molecule has 0 spiro atoms. The van der Waals surface area contributed by atoms with Gasteiger partial charge in [-0.3, -0.25) is 4.79 Å². The van der Waals surface area contributed by atoms with Crippen molar-refractivity contribution in [2.24, 2.45) is 12.8 Å². The van der Waals surface area contributed by atoms with Crippen LogP contribution in [0.2, 0.25) is 0 Å². The van der Waals surface area contributed by atoms with Crippen LogP contribution in [0.1, 0.15) is 23.7 Å². The van der Waals surface area contributed by atoms with Gasteiger partial charge in [-0.05, 0) is 43.7 Å². The van der Waals surface area contributed by atoms with E-state index in [0.717, 1.165) is 29.1 Å². The standard InChI is InChI=1S/C24H27N5O2/c1-3-29-19-7-5-4-6-15(19)13-21(29)23-26-18-12-16(8-9-20(18)27(23)2)24(31)28-11-10-22(30)17(25)14-28/h4-9,12-13,17,22,30H,3,10-11,14,25H2,1-2H3/t17-,22+/m1/s1. The smallest absolute Gasteiger partial charge is 0.253 e. The van der Waals surface area contributed by atoms with Gasteiger partial charge >= 0.3 is 0 Å². The Morgan fingerprint density at radius 2 is 2.00 bits per heavy atom. The molecule has 1 aliphatic heterocycles. The van der Waals surface area contributed by atoms with Gasteiger partial charge in [0.05, 0.1) is 22.8 Å². The van der Waals surface area contributed by atoms with Gasteiger partial charge in [0.1, 0.15) is 0 Å². The summed E-state index contributed by atoms with van der Waals surface area (Å²) in [6, 6.07) is 15.8. The average Bonchev–Trinajstić information content (AvgIpc) is 3.32. The first-order chi connectivity index (χ1) is 15.0. The van der Waals surface area contributed by atoms with Crippen molar-refractivity contribution >= 4 is 27.8 Å². The van der Waals surface area contributed by atoms with E-state index in [1.807, 2.05) is 31.3 Å². The van der Waals surface area contributed by atoms with Crippen LogP contribution in [0.5, 0.6) is 0 Å². The molecule has 2 aromatic carbocycles. The number of hydrogen-bond donors (Lipinski definition) is 2. The van der Waals surface area contributed by atoms with Gasteiger partial charge in [0.15, 0.2) is 5.82 Å². The van der Waals surface area contributed by atoms with Gasteiger partial charge in [-0.25, -0.2) is 4.98 Å². The molecule has 3 N–H and O–H groups in total. The number of aliphatic hydroxyl groups is 1.